The molecule has 254 valence electrons. The normalized spacial score (nSPS) is 16.1. The van der Waals surface area contributed by atoms with Crippen LogP contribution < -0.4 is 4.74 Å². The van der Waals surface area contributed by atoms with Crippen LogP contribution in [0, 0.1) is 6.92 Å². The molecule has 5 heteroatoms. The van der Waals surface area contributed by atoms with E-state index in [4.69, 9.17) is 19.5 Å². The van der Waals surface area contributed by atoms with Gasteiger partial charge in [0.05, 0.1) is 11.2 Å². The number of fused-ring (bicyclic) bond motifs is 3. The van der Waals surface area contributed by atoms with Crippen LogP contribution in [-0.4, -0.2) is 15.4 Å². The molecule has 1 aliphatic heterocycles. The van der Waals surface area contributed by atoms with Gasteiger partial charge in [-0.1, -0.05) is 101 Å². The Hall–Kier alpha value is -5.68. The first-order valence-electron chi connectivity index (χ1n) is 17.8. The quantitative estimate of drug-likeness (QED) is 0.170. The second-order valence-corrected chi connectivity index (χ2v) is 15.0. The molecule has 5 aromatic carbocycles. The molecule has 5 nitrogen and oxygen atoms in total. The third kappa shape index (κ3) is 6.29. The lowest BCUT2D eigenvalue weighted by Crippen LogP contribution is -2.10. The van der Waals surface area contributed by atoms with E-state index in [0.717, 1.165) is 61.6 Å². The zero-order valence-corrected chi connectivity index (χ0v) is 30.1. The Bertz CT molecular complexity index is 2400. The zero-order chi connectivity index (χ0) is 35.3. The lowest BCUT2D eigenvalue weighted by molar-refractivity contribution is 0.197. The number of rotatable bonds is 7. The Morgan fingerprint density at radius 3 is 2.18 bits per heavy atom. The standard InChI is InChI=1S/C46H43N3O2/c1-29(2)33-24-34(45-48-42(31-14-9-7-10-15-31)43(51-45)32-16-11-8-12-17-32)26-38(25-33)50-37-23-30(3)22-36(28-37)49-41-20-19-35(46(4,5)6)27-40(41)39-18-13-21-47-44(39)49/h7-29,42-43H,1-6H3/t42-,43-/m1/s1. The van der Waals surface area contributed by atoms with Crippen molar-refractivity contribution in [3.05, 3.63) is 167 Å². The Kier molecular flexibility index (Phi) is 8.22. The van der Waals surface area contributed by atoms with Crippen LogP contribution in [-0.2, 0) is 10.2 Å². The highest BCUT2D eigenvalue weighted by Crippen LogP contribution is 2.42. The lowest BCUT2D eigenvalue weighted by atomic mass is 9.86. The summed E-state index contributed by atoms with van der Waals surface area (Å²) in [5.74, 6) is 2.40. The Morgan fingerprint density at radius 1 is 0.725 bits per heavy atom. The maximum atomic E-state index is 6.76. The highest BCUT2D eigenvalue weighted by molar-refractivity contribution is 6.08. The van der Waals surface area contributed by atoms with Gasteiger partial charge >= 0.3 is 0 Å². The van der Waals surface area contributed by atoms with Gasteiger partial charge in [0.1, 0.15) is 23.2 Å². The number of aliphatic imine (C=N–C) groups is 1. The summed E-state index contributed by atoms with van der Waals surface area (Å²) in [7, 11) is 0. The van der Waals surface area contributed by atoms with Crippen molar-refractivity contribution in [3.63, 3.8) is 0 Å². The molecule has 0 spiro atoms. The van der Waals surface area contributed by atoms with Crippen molar-refractivity contribution in [1.29, 1.82) is 0 Å². The van der Waals surface area contributed by atoms with Gasteiger partial charge in [-0.05, 0) is 101 Å². The number of aryl methyl sites for hydroxylation is 1. The first-order valence-corrected chi connectivity index (χ1v) is 17.8. The van der Waals surface area contributed by atoms with E-state index >= 15 is 0 Å². The molecular formula is C46H43N3O2. The molecule has 0 N–H and O–H groups in total. The predicted molar refractivity (Wildman–Crippen MR) is 209 cm³/mol. The minimum absolute atomic E-state index is 0.0402. The maximum absolute atomic E-state index is 6.76. The highest BCUT2D eigenvalue weighted by atomic mass is 16.5. The number of pyridine rings is 1. The summed E-state index contributed by atoms with van der Waals surface area (Å²) in [4.78, 5) is 10.1. The first kappa shape index (κ1) is 32.5. The van der Waals surface area contributed by atoms with E-state index in [1.165, 1.54) is 10.9 Å². The van der Waals surface area contributed by atoms with Gasteiger partial charge < -0.3 is 9.47 Å². The van der Waals surface area contributed by atoms with Gasteiger partial charge in [-0.15, -0.1) is 0 Å². The summed E-state index contributed by atoms with van der Waals surface area (Å²) < 4.78 is 15.7. The van der Waals surface area contributed by atoms with E-state index < -0.39 is 0 Å². The van der Waals surface area contributed by atoms with Gasteiger partial charge in [0, 0.05) is 28.6 Å². The molecule has 0 aliphatic carbocycles. The second-order valence-electron chi connectivity index (χ2n) is 15.0. The summed E-state index contributed by atoms with van der Waals surface area (Å²) in [5.41, 5.74) is 9.78. The SMILES string of the molecule is Cc1cc(Oc2cc(C3=N[C@H](c4ccccc4)[C@@H](c4ccccc4)O3)cc(C(C)C)c2)cc(-n2c3ccc(C(C)(C)C)cc3c3cccnc32)c1. The van der Waals surface area contributed by atoms with Crippen LogP contribution in [0.2, 0.25) is 0 Å². The van der Waals surface area contributed by atoms with Crippen molar-refractivity contribution in [2.75, 3.05) is 0 Å². The maximum Gasteiger partial charge on any atom is 0.217 e. The number of hydrogen-bond donors (Lipinski definition) is 0. The molecule has 0 fully saturated rings. The van der Waals surface area contributed by atoms with Gasteiger partial charge in [0.2, 0.25) is 5.90 Å². The molecule has 0 saturated carbocycles. The molecule has 8 rings (SSSR count). The molecule has 2 atom stereocenters. The average molecular weight is 670 g/mol. The molecule has 2 aromatic heterocycles. The second kappa shape index (κ2) is 12.9. The van der Waals surface area contributed by atoms with Crippen molar-refractivity contribution in [2.24, 2.45) is 4.99 Å². The molecule has 1 aliphatic rings. The van der Waals surface area contributed by atoms with Gasteiger partial charge in [0.25, 0.3) is 0 Å². The van der Waals surface area contributed by atoms with Crippen LogP contribution >= 0.6 is 0 Å². The van der Waals surface area contributed by atoms with Crippen molar-refractivity contribution in [2.45, 2.75) is 65.0 Å². The van der Waals surface area contributed by atoms with E-state index in [2.05, 4.69) is 155 Å². The van der Waals surface area contributed by atoms with Gasteiger partial charge in [-0.25, -0.2) is 9.98 Å². The number of hydrogen-bond acceptors (Lipinski definition) is 4. The lowest BCUT2D eigenvalue weighted by Gasteiger charge is -2.19. The fraction of sp³-hybridized carbons (Fsp3) is 0.217. The summed E-state index contributed by atoms with van der Waals surface area (Å²) in [6.45, 7) is 13.3. The van der Waals surface area contributed by atoms with Crippen molar-refractivity contribution in [3.8, 4) is 17.2 Å². The number of aromatic nitrogens is 2. The summed E-state index contributed by atoms with van der Waals surface area (Å²) in [5, 5.41) is 2.33. The fourth-order valence-corrected chi connectivity index (χ4v) is 7.11. The topological polar surface area (TPSA) is 48.6 Å². The summed E-state index contributed by atoms with van der Waals surface area (Å²) >= 11 is 0. The summed E-state index contributed by atoms with van der Waals surface area (Å²) in [6.07, 6.45) is 1.64. The molecule has 0 unspecified atom stereocenters. The number of nitrogens with zero attached hydrogens (tertiary/aromatic N) is 3. The van der Waals surface area contributed by atoms with Crippen LogP contribution in [0.25, 0.3) is 27.6 Å². The van der Waals surface area contributed by atoms with Crippen LogP contribution in [0.5, 0.6) is 11.5 Å². The smallest absolute Gasteiger partial charge is 0.217 e. The Labute approximate surface area is 300 Å². The van der Waals surface area contributed by atoms with Crippen LogP contribution in [0.4, 0.5) is 0 Å². The molecule has 7 aromatic rings. The van der Waals surface area contributed by atoms with Crippen molar-refractivity contribution in [1.82, 2.24) is 9.55 Å². The monoisotopic (exact) mass is 669 g/mol. The Balaban J connectivity index is 1.19. The van der Waals surface area contributed by atoms with E-state index in [-0.39, 0.29) is 23.5 Å². The van der Waals surface area contributed by atoms with E-state index in [1.807, 2.05) is 24.4 Å². The Morgan fingerprint density at radius 2 is 1.45 bits per heavy atom. The van der Waals surface area contributed by atoms with Crippen molar-refractivity contribution < 1.29 is 9.47 Å². The fourth-order valence-electron chi connectivity index (χ4n) is 7.11. The van der Waals surface area contributed by atoms with E-state index in [0.29, 0.717) is 5.90 Å². The third-order valence-corrected chi connectivity index (χ3v) is 9.82. The average Bonchev–Trinajstić information content (AvgIpc) is 3.72. The number of ether oxygens (including phenoxy) is 2. The van der Waals surface area contributed by atoms with Crippen molar-refractivity contribution >= 4 is 27.8 Å². The van der Waals surface area contributed by atoms with Crippen LogP contribution in [0.15, 0.2) is 139 Å². The molecular weight excluding hydrogens is 627 g/mol. The van der Waals surface area contributed by atoms with Crippen LogP contribution in [0.1, 0.15) is 86.1 Å². The summed E-state index contributed by atoms with van der Waals surface area (Å²) in [6, 6.07) is 44.4. The minimum atomic E-state index is -0.227. The van der Waals surface area contributed by atoms with E-state index in [9.17, 15) is 0 Å². The molecule has 51 heavy (non-hydrogen) atoms. The highest BCUT2D eigenvalue weighted by Gasteiger charge is 2.34. The molecule has 0 radical (unpaired) electrons. The molecule has 3 heterocycles. The minimum Gasteiger partial charge on any atom is -0.467 e. The van der Waals surface area contributed by atoms with Gasteiger partial charge in [-0.3, -0.25) is 4.57 Å². The largest absolute Gasteiger partial charge is 0.467 e. The van der Waals surface area contributed by atoms with Crippen LogP contribution in [0.3, 0.4) is 0 Å². The van der Waals surface area contributed by atoms with Gasteiger partial charge in [0.15, 0.2) is 6.10 Å². The van der Waals surface area contributed by atoms with Gasteiger partial charge in [-0.2, -0.15) is 0 Å². The first-order chi connectivity index (χ1) is 24.6. The predicted octanol–water partition coefficient (Wildman–Crippen LogP) is 12.0. The third-order valence-electron chi connectivity index (χ3n) is 9.82. The van der Waals surface area contributed by atoms with E-state index in [1.54, 1.807) is 0 Å². The molecule has 0 amide bonds. The molecule has 0 bridgehead atoms. The molecule has 0 saturated heterocycles. The number of benzene rings is 5. The zero-order valence-electron chi connectivity index (χ0n) is 30.1.